The van der Waals surface area contributed by atoms with E-state index in [1.807, 2.05) is 0 Å². The molecule has 0 saturated carbocycles. The zero-order chi connectivity index (χ0) is 9.30. The maximum Gasteiger partial charge on any atom is 0.177 e. The van der Waals surface area contributed by atoms with Crippen LogP contribution in [0.4, 0.5) is 8.78 Å². The Morgan fingerprint density at radius 1 is 1.25 bits per heavy atom. The van der Waals surface area contributed by atoms with Crippen LogP contribution in [0.25, 0.3) is 0 Å². The molecule has 1 aromatic rings. The van der Waals surface area contributed by atoms with E-state index in [1.165, 1.54) is 12.1 Å². The van der Waals surface area contributed by atoms with Gasteiger partial charge >= 0.3 is 0 Å². The second-order valence-corrected chi connectivity index (χ2v) is 3.61. The van der Waals surface area contributed by atoms with Gasteiger partial charge in [-0.3, -0.25) is 0 Å². The highest BCUT2D eigenvalue weighted by Gasteiger charge is 2.14. The Hall–Kier alpha value is -0.470. The van der Waals surface area contributed by atoms with Crippen molar-refractivity contribution in [2.24, 2.45) is 0 Å². The van der Waals surface area contributed by atoms with Gasteiger partial charge in [-0.15, -0.1) is 0 Å². The average molecular weight is 297 g/mol. The summed E-state index contributed by atoms with van der Waals surface area (Å²) >= 11 is 5.79. The number of nitriles is 1. The fourth-order valence-corrected chi connectivity index (χ4v) is 1.35. The summed E-state index contributed by atoms with van der Waals surface area (Å²) in [5, 5.41) is 8.37. The van der Waals surface area contributed by atoms with Gasteiger partial charge < -0.3 is 0 Å². The minimum absolute atomic E-state index is 0.0148. The highest BCUT2D eigenvalue weighted by molar-refractivity contribution is 9.13. The summed E-state index contributed by atoms with van der Waals surface area (Å²) in [6.07, 6.45) is 0. The summed E-state index contributed by atoms with van der Waals surface area (Å²) in [5.41, 5.74) is -0.317. The molecule has 0 heterocycles. The molecule has 0 aliphatic rings. The molecular formula is C7HBr2F2N. The Bertz CT molecular complexity index is 371. The first-order chi connectivity index (χ1) is 5.57. The van der Waals surface area contributed by atoms with Crippen molar-refractivity contribution in [3.63, 3.8) is 0 Å². The molecule has 5 heteroatoms. The van der Waals surface area contributed by atoms with Crippen LogP contribution in [-0.4, -0.2) is 0 Å². The average Bonchev–Trinajstić information content (AvgIpc) is 2.08. The van der Waals surface area contributed by atoms with Crippen LogP contribution >= 0.6 is 31.9 Å². The fraction of sp³-hybridized carbons (Fsp3) is 0. The normalized spacial score (nSPS) is 9.58. The van der Waals surface area contributed by atoms with Crippen molar-refractivity contribution in [2.75, 3.05) is 0 Å². The van der Waals surface area contributed by atoms with Gasteiger partial charge in [-0.25, -0.2) is 8.78 Å². The standard InChI is InChI=1S/C7HBr2F2N/c8-4-1-3(2-12)6(10)7(11)5(4)9/h1H. The van der Waals surface area contributed by atoms with Gasteiger partial charge in [0.05, 0.1) is 10.0 Å². The van der Waals surface area contributed by atoms with Crippen LogP contribution < -0.4 is 0 Å². The van der Waals surface area contributed by atoms with Crippen molar-refractivity contribution in [3.05, 3.63) is 32.2 Å². The predicted molar refractivity (Wildman–Crippen MR) is 46.5 cm³/mol. The van der Waals surface area contributed by atoms with E-state index < -0.39 is 11.6 Å². The van der Waals surface area contributed by atoms with Gasteiger partial charge in [-0.1, -0.05) is 0 Å². The quantitative estimate of drug-likeness (QED) is 0.532. The Morgan fingerprint density at radius 3 is 2.33 bits per heavy atom. The second kappa shape index (κ2) is 3.50. The summed E-state index contributed by atoms with van der Waals surface area (Å²) in [4.78, 5) is 0. The number of halogens is 4. The van der Waals surface area contributed by atoms with E-state index in [2.05, 4.69) is 31.9 Å². The number of benzene rings is 1. The first-order valence-electron chi connectivity index (χ1n) is 2.81. The van der Waals surface area contributed by atoms with Gasteiger partial charge in [0, 0.05) is 4.47 Å². The van der Waals surface area contributed by atoms with Crippen LogP contribution in [0.15, 0.2) is 15.0 Å². The third-order valence-corrected chi connectivity index (χ3v) is 3.16. The molecule has 1 rings (SSSR count). The lowest BCUT2D eigenvalue weighted by Crippen LogP contribution is -1.91. The summed E-state index contributed by atoms with van der Waals surface area (Å²) in [5.74, 6) is -2.19. The van der Waals surface area contributed by atoms with Crippen molar-refractivity contribution >= 4 is 31.9 Å². The molecule has 1 nitrogen and oxygen atoms in total. The van der Waals surface area contributed by atoms with E-state index in [4.69, 9.17) is 5.26 Å². The molecule has 0 saturated heterocycles. The molecule has 0 bridgehead atoms. The molecule has 0 aromatic heterocycles. The number of nitrogens with zero attached hydrogens (tertiary/aromatic N) is 1. The maximum atomic E-state index is 12.8. The number of hydrogen-bond donors (Lipinski definition) is 0. The van der Waals surface area contributed by atoms with E-state index in [0.29, 0.717) is 4.47 Å². The minimum Gasteiger partial charge on any atom is -0.202 e. The third kappa shape index (κ3) is 1.50. The third-order valence-electron chi connectivity index (χ3n) is 1.22. The lowest BCUT2D eigenvalue weighted by atomic mass is 10.2. The maximum absolute atomic E-state index is 12.8. The summed E-state index contributed by atoms with van der Waals surface area (Å²) in [7, 11) is 0. The summed E-state index contributed by atoms with van der Waals surface area (Å²) in [6, 6.07) is 2.75. The lowest BCUT2D eigenvalue weighted by Gasteiger charge is -2.00. The second-order valence-electron chi connectivity index (χ2n) is 1.96. The molecule has 0 N–H and O–H groups in total. The minimum atomic E-state index is -1.13. The van der Waals surface area contributed by atoms with Crippen molar-refractivity contribution < 1.29 is 8.78 Å². The van der Waals surface area contributed by atoms with Crippen molar-refractivity contribution in [1.29, 1.82) is 5.26 Å². The van der Waals surface area contributed by atoms with Crippen LogP contribution in [0, 0.1) is 23.0 Å². The zero-order valence-electron chi connectivity index (χ0n) is 5.54. The van der Waals surface area contributed by atoms with E-state index in [0.717, 1.165) is 0 Å². The Morgan fingerprint density at radius 2 is 1.83 bits per heavy atom. The first-order valence-corrected chi connectivity index (χ1v) is 4.39. The predicted octanol–water partition coefficient (Wildman–Crippen LogP) is 3.36. The van der Waals surface area contributed by atoms with E-state index in [9.17, 15) is 8.78 Å². The number of rotatable bonds is 0. The van der Waals surface area contributed by atoms with Crippen LogP contribution in [-0.2, 0) is 0 Å². The van der Waals surface area contributed by atoms with Crippen molar-refractivity contribution in [2.45, 2.75) is 0 Å². The molecule has 62 valence electrons. The molecule has 0 unspecified atom stereocenters. The van der Waals surface area contributed by atoms with Gasteiger partial charge in [0.25, 0.3) is 0 Å². The highest BCUT2D eigenvalue weighted by Crippen LogP contribution is 2.29. The Balaban J connectivity index is 3.52. The zero-order valence-corrected chi connectivity index (χ0v) is 8.71. The smallest absolute Gasteiger partial charge is 0.177 e. The molecule has 1 aromatic carbocycles. The van der Waals surface area contributed by atoms with Gasteiger partial charge in [-0.05, 0) is 37.9 Å². The topological polar surface area (TPSA) is 23.8 Å². The molecule has 12 heavy (non-hydrogen) atoms. The molecule has 0 spiro atoms. The number of hydrogen-bond acceptors (Lipinski definition) is 1. The molecule has 0 aliphatic heterocycles. The molecule has 0 atom stereocenters. The van der Waals surface area contributed by atoms with Crippen LogP contribution in [0.1, 0.15) is 5.56 Å². The molecule has 0 amide bonds. The Kier molecular flexibility index (Phi) is 2.80. The van der Waals surface area contributed by atoms with Gasteiger partial charge in [-0.2, -0.15) is 5.26 Å². The fourth-order valence-electron chi connectivity index (χ4n) is 0.654. The molecular weight excluding hydrogens is 296 g/mol. The van der Waals surface area contributed by atoms with Gasteiger partial charge in [0.2, 0.25) is 0 Å². The molecule has 0 radical (unpaired) electrons. The van der Waals surface area contributed by atoms with E-state index in [1.54, 1.807) is 0 Å². The van der Waals surface area contributed by atoms with E-state index >= 15 is 0 Å². The largest absolute Gasteiger partial charge is 0.202 e. The lowest BCUT2D eigenvalue weighted by molar-refractivity contribution is 0.501. The van der Waals surface area contributed by atoms with Crippen LogP contribution in [0.5, 0.6) is 0 Å². The Labute approximate surface area is 84.3 Å². The molecule has 0 fully saturated rings. The first kappa shape index (κ1) is 9.62. The monoisotopic (exact) mass is 295 g/mol. The van der Waals surface area contributed by atoms with E-state index in [-0.39, 0.29) is 10.0 Å². The van der Waals surface area contributed by atoms with Gasteiger partial charge in [0.1, 0.15) is 6.07 Å². The van der Waals surface area contributed by atoms with Crippen molar-refractivity contribution in [3.8, 4) is 6.07 Å². The highest BCUT2D eigenvalue weighted by atomic mass is 79.9. The summed E-state index contributed by atoms with van der Waals surface area (Å²) in [6.45, 7) is 0. The molecule has 0 aliphatic carbocycles. The SMILES string of the molecule is N#Cc1cc(Br)c(Br)c(F)c1F. The van der Waals surface area contributed by atoms with Gasteiger partial charge in [0.15, 0.2) is 11.6 Å². The van der Waals surface area contributed by atoms with Crippen LogP contribution in [0.3, 0.4) is 0 Å². The van der Waals surface area contributed by atoms with Crippen LogP contribution in [0.2, 0.25) is 0 Å². The van der Waals surface area contributed by atoms with Crippen molar-refractivity contribution in [1.82, 2.24) is 0 Å². The summed E-state index contributed by atoms with van der Waals surface area (Å²) < 4.78 is 25.9.